The molecule has 0 unspecified atom stereocenters. The molecule has 0 aliphatic rings. The van der Waals surface area contributed by atoms with Crippen LogP contribution in [0.4, 0.5) is 0 Å². The van der Waals surface area contributed by atoms with E-state index >= 15 is 0 Å². The van der Waals surface area contributed by atoms with Crippen molar-refractivity contribution in [2.24, 2.45) is 5.92 Å². The van der Waals surface area contributed by atoms with Crippen LogP contribution in [0.5, 0.6) is 0 Å². The molecule has 1 nitrogen and oxygen atoms in total. The Labute approximate surface area is 70.4 Å². The fraction of sp³-hybridized carbons (Fsp3) is 0.600. The average molecular weight is 153 g/mol. The first-order valence-corrected chi connectivity index (χ1v) is 3.99. The highest BCUT2D eigenvalue weighted by Crippen LogP contribution is 2.16. The molecule has 0 bridgehead atoms. The van der Waals surface area contributed by atoms with Gasteiger partial charge < -0.3 is 4.90 Å². The zero-order valence-electron chi connectivity index (χ0n) is 8.31. The van der Waals surface area contributed by atoms with Gasteiger partial charge in [-0.05, 0) is 24.0 Å². The van der Waals surface area contributed by atoms with Gasteiger partial charge in [0.15, 0.2) is 0 Å². The van der Waals surface area contributed by atoms with E-state index in [-0.39, 0.29) is 0 Å². The van der Waals surface area contributed by atoms with Crippen LogP contribution in [0, 0.1) is 5.92 Å². The van der Waals surface area contributed by atoms with Crippen molar-refractivity contribution >= 4 is 0 Å². The van der Waals surface area contributed by atoms with Crippen molar-refractivity contribution in [1.82, 2.24) is 4.90 Å². The molecule has 1 heteroatoms. The smallest absolute Gasteiger partial charge is 0.00557 e. The van der Waals surface area contributed by atoms with Crippen LogP contribution < -0.4 is 0 Å². The fourth-order valence-electron chi connectivity index (χ4n) is 0.926. The molecule has 0 saturated carbocycles. The van der Waals surface area contributed by atoms with Crippen molar-refractivity contribution in [3.63, 3.8) is 0 Å². The maximum absolute atomic E-state index is 4.01. The van der Waals surface area contributed by atoms with Crippen molar-refractivity contribution in [3.05, 3.63) is 23.9 Å². The van der Waals surface area contributed by atoms with Gasteiger partial charge in [0.1, 0.15) is 0 Å². The van der Waals surface area contributed by atoms with Crippen LogP contribution in [0.2, 0.25) is 0 Å². The number of hydrogen-bond donors (Lipinski definition) is 0. The first-order chi connectivity index (χ1) is 4.95. The molecule has 0 N–H and O–H groups in total. The third kappa shape index (κ3) is 3.87. The highest BCUT2D eigenvalue weighted by molar-refractivity contribution is 5.26. The quantitative estimate of drug-likeness (QED) is 0.563. The molecule has 0 spiro atoms. The van der Waals surface area contributed by atoms with E-state index in [0.29, 0.717) is 5.92 Å². The molecule has 64 valence electrons. The Morgan fingerprint density at radius 1 is 1.36 bits per heavy atom. The third-order valence-electron chi connectivity index (χ3n) is 1.66. The van der Waals surface area contributed by atoms with E-state index in [0.717, 1.165) is 0 Å². The molecule has 0 aliphatic carbocycles. The van der Waals surface area contributed by atoms with Gasteiger partial charge in [0.05, 0.1) is 0 Å². The summed E-state index contributed by atoms with van der Waals surface area (Å²) in [6, 6.07) is 0. The minimum Gasteiger partial charge on any atom is -0.383 e. The van der Waals surface area contributed by atoms with Gasteiger partial charge in [-0.1, -0.05) is 20.4 Å². The van der Waals surface area contributed by atoms with Gasteiger partial charge in [0.25, 0.3) is 0 Å². The van der Waals surface area contributed by atoms with Crippen molar-refractivity contribution in [2.75, 3.05) is 14.1 Å². The zero-order chi connectivity index (χ0) is 9.02. The van der Waals surface area contributed by atoms with Crippen LogP contribution in [0.3, 0.4) is 0 Å². The second-order valence-corrected chi connectivity index (χ2v) is 3.46. The van der Waals surface area contributed by atoms with E-state index in [1.54, 1.807) is 0 Å². The molecule has 0 aromatic carbocycles. The number of rotatable bonds is 3. The molecular formula is C10H19N. The minimum atomic E-state index is 0.547. The highest BCUT2D eigenvalue weighted by atomic mass is 15.0. The summed E-state index contributed by atoms with van der Waals surface area (Å²) in [4.78, 5) is 2.04. The molecule has 0 atom stereocenters. The van der Waals surface area contributed by atoms with Crippen LogP contribution in [-0.4, -0.2) is 19.0 Å². The van der Waals surface area contributed by atoms with Crippen LogP contribution in [0.15, 0.2) is 23.9 Å². The predicted octanol–water partition coefficient (Wildman–Crippen LogP) is 2.66. The SMILES string of the molecule is C=C(/C(C)=C/N(C)C)C(C)C. The Kier molecular flexibility index (Phi) is 3.94. The predicted molar refractivity (Wildman–Crippen MR) is 51.4 cm³/mol. The second kappa shape index (κ2) is 4.22. The van der Waals surface area contributed by atoms with Crippen LogP contribution in [-0.2, 0) is 0 Å². The van der Waals surface area contributed by atoms with E-state index in [1.165, 1.54) is 11.1 Å². The molecule has 0 heterocycles. The van der Waals surface area contributed by atoms with Crippen molar-refractivity contribution in [1.29, 1.82) is 0 Å². The maximum Gasteiger partial charge on any atom is 0.00557 e. The summed E-state index contributed by atoms with van der Waals surface area (Å²) in [7, 11) is 4.05. The Balaban J connectivity index is 4.24. The third-order valence-corrected chi connectivity index (χ3v) is 1.66. The summed E-state index contributed by atoms with van der Waals surface area (Å²) in [5.74, 6) is 0.547. The molecule has 0 rings (SSSR count). The Hall–Kier alpha value is -0.720. The summed E-state index contributed by atoms with van der Waals surface area (Å²) in [6.45, 7) is 10.4. The molecular weight excluding hydrogens is 134 g/mol. The number of nitrogens with zero attached hydrogens (tertiary/aromatic N) is 1. The van der Waals surface area contributed by atoms with Crippen LogP contribution in [0.1, 0.15) is 20.8 Å². The molecule has 0 saturated heterocycles. The standard InChI is InChI=1S/C10H19N/c1-8(2)10(4)9(3)7-11(5)6/h7-8H,4H2,1-3,5-6H3/b9-7+. The summed E-state index contributed by atoms with van der Waals surface area (Å²) < 4.78 is 0. The minimum absolute atomic E-state index is 0.547. The molecule has 0 aromatic heterocycles. The normalized spacial score (nSPS) is 12.0. The van der Waals surface area contributed by atoms with E-state index in [4.69, 9.17) is 0 Å². The van der Waals surface area contributed by atoms with Gasteiger partial charge >= 0.3 is 0 Å². The van der Waals surface area contributed by atoms with Gasteiger partial charge in [0, 0.05) is 20.3 Å². The van der Waals surface area contributed by atoms with Crippen LogP contribution >= 0.6 is 0 Å². The van der Waals surface area contributed by atoms with Crippen molar-refractivity contribution in [3.8, 4) is 0 Å². The van der Waals surface area contributed by atoms with E-state index in [9.17, 15) is 0 Å². The average Bonchev–Trinajstić information content (AvgIpc) is 1.84. The fourth-order valence-corrected chi connectivity index (χ4v) is 0.926. The summed E-state index contributed by atoms with van der Waals surface area (Å²) in [5, 5.41) is 0. The summed E-state index contributed by atoms with van der Waals surface area (Å²) >= 11 is 0. The topological polar surface area (TPSA) is 3.24 Å². The lowest BCUT2D eigenvalue weighted by Gasteiger charge is -2.12. The number of allylic oxidation sites excluding steroid dienone is 2. The number of hydrogen-bond acceptors (Lipinski definition) is 1. The van der Waals surface area contributed by atoms with E-state index in [2.05, 4.69) is 33.6 Å². The Morgan fingerprint density at radius 2 is 1.82 bits per heavy atom. The van der Waals surface area contributed by atoms with E-state index in [1.807, 2.05) is 19.0 Å². The zero-order valence-corrected chi connectivity index (χ0v) is 8.31. The van der Waals surface area contributed by atoms with Gasteiger partial charge in [-0.2, -0.15) is 0 Å². The molecule has 11 heavy (non-hydrogen) atoms. The van der Waals surface area contributed by atoms with Crippen LogP contribution in [0.25, 0.3) is 0 Å². The van der Waals surface area contributed by atoms with Crippen molar-refractivity contribution in [2.45, 2.75) is 20.8 Å². The summed E-state index contributed by atoms with van der Waals surface area (Å²) in [6.07, 6.45) is 2.10. The molecule has 0 fully saturated rings. The first kappa shape index (κ1) is 10.3. The van der Waals surface area contributed by atoms with Gasteiger partial charge in [0.2, 0.25) is 0 Å². The van der Waals surface area contributed by atoms with E-state index < -0.39 is 0 Å². The molecule has 0 aliphatic heterocycles. The second-order valence-electron chi connectivity index (χ2n) is 3.46. The lowest BCUT2D eigenvalue weighted by Crippen LogP contribution is -2.04. The summed E-state index contributed by atoms with van der Waals surface area (Å²) in [5.41, 5.74) is 2.49. The monoisotopic (exact) mass is 153 g/mol. The van der Waals surface area contributed by atoms with Gasteiger partial charge in [-0.3, -0.25) is 0 Å². The molecule has 0 aromatic rings. The highest BCUT2D eigenvalue weighted by Gasteiger charge is 2.01. The largest absolute Gasteiger partial charge is 0.383 e. The van der Waals surface area contributed by atoms with Crippen molar-refractivity contribution < 1.29 is 0 Å². The van der Waals surface area contributed by atoms with Gasteiger partial charge in [-0.15, -0.1) is 0 Å². The first-order valence-electron chi connectivity index (χ1n) is 3.99. The van der Waals surface area contributed by atoms with Gasteiger partial charge in [-0.25, -0.2) is 0 Å². The molecule has 0 amide bonds. The Bertz CT molecular complexity index is 164. The lowest BCUT2D eigenvalue weighted by molar-refractivity contribution is 0.557. The lowest BCUT2D eigenvalue weighted by atomic mass is 9.99. The maximum atomic E-state index is 4.01. The molecule has 0 radical (unpaired) electrons. The Morgan fingerprint density at radius 3 is 2.09 bits per heavy atom.